The maximum Gasteiger partial charge on any atom is 0.274 e. The second kappa shape index (κ2) is 7.20. The van der Waals surface area contributed by atoms with Gasteiger partial charge in [0.1, 0.15) is 11.4 Å². The topological polar surface area (TPSA) is 51.2 Å². The highest BCUT2D eigenvalue weighted by Crippen LogP contribution is 2.28. The third-order valence-electron chi connectivity index (χ3n) is 3.37. The second-order valence-electron chi connectivity index (χ2n) is 5.06. The van der Waals surface area contributed by atoms with E-state index >= 15 is 0 Å². The zero-order chi connectivity index (χ0) is 17.1. The van der Waals surface area contributed by atoms with Gasteiger partial charge in [0.05, 0.1) is 12.1 Å². The zero-order valence-electron chi connectivity index (χ0n) is 12.8. The van der Waals surface area contributed by atoms with Crippen LogP contribution in [0.15, 0.2) is 53.0 Å². The highest BCUT2D eigenvalue weighted by Gasteiger charge is 2.13. The summed E-state index contributed by atoms with van der Waals surface area (Å²) in [6, 6.07) is 14.3. The van der Waals surface area contributed by atoms with Crippen LogP contribution in [0.4, 0.5) is 5.69 Å². The zero-order valence-corrected chi connectivity index (χ0v) is 15.2. The number of carbonyl (C=O) groups excluding carboxylic acids is 1. The van der Waals surface area contributed by atoms with Crippen molar-refractivity contribution in [1.82, 2.24) is 4.98 Å². The molecule has 0 atom stereocenters. The van der Waals surface area contributed by atoms with Crippen LogP contribution in [0, 0.1) is 0 Å². The first kappa shape index (κ1) is 16.7. The number of benzene rings is 2. The molecule has 3 rings (SSSR count). The summed E-state index contributed by atoms with van der Waals surface area (Å²) in [4.78, 5) is 16.9. The molecule has 6 heteroatoms. The lowest BCUT2D eigenvalue weighted by Gasteiger charge is -2.11. The van der Waals surface area contributed by atoms with Crippen molar-refractivity contribution in [2.45, 2.75) is 6.92 Å². The summed E-state index contributed by atoms with van der Waals surface area (Å²) in [5.41, 5.74) is 1.64. The molecule has 0 fully saturated rings. The minimum Gasteiger partial charge on any atom is -0.493 e. The van der Waals surface area contributed by atoms with Gasteiger partial charge in [-0.25, -0.2) is 4.98 Å². The minimum absolute atomic E-state index is 0.288. The largest absolute Gasteiger partial charge is 0.493 e. The van der Waals surface area contributed by atoms with Crippen LogP contribution in [0.1, 0.15) is 17.4 Å². The molecule has 0 aliphatic carbocycles. The second-order valence-corrected chi connectivity index (χ2v) is 6.41. The van der Waals surface area contributed by atoms with Gasteiger partial charge in [0.25, 0.3) is 5.91 Å². The number of ether oxygens (including phenoxy) is 1. The van der Waals surface area contributed by atoms with Crippen LogP contribution in [0.3, 0.4) is 0 Å². The highest BCUT2D eigenvalue weighted by atomic mass is 79.9. The average molecular weight is 406 g/mol. The van der Waals surface area contributed by atoms with Gasteiger partial charge in [-0.2, -0.15) is 0 Å². The van der Waals surface area contributed by atoms with E-state index in [9.17, 15) is 4.79 Å². The number of fused-ring (bicyclic) bond motifs is 1. The molecule has 1 aromatic heterocycles. The van der Waals surface area contributed by atoms with Gasteiger partial charge in [-0.05, 0) is 49.4 Å². The quantitative estimate of drug-likeness (QED) is 0.640. The van der Waals surface area contributed by atoms with Gasteiger partial charge in [-0.1, -0.05) is 27.5 Å². The van der Waals surface area contributed by atoms with Gasteiger partial charge >= 0.3 is 0 Å². The molecule has 0 bridgehead atoms. The molecular formula is C18H14BrClN2O2. The standard InChI is InChI=1S/C18H14BrClN2O2/c1-2-24-17-10-16(22-15-8-5-12(20)9-14(15)17)18(23)21-13-6-3-11(19)4-7-13/h3-10H,2H2,1H3,(H,21,23). The van der Waals surface area contributed by atoms with Crippen LogP contribution in [-0.2, 0) is 0 Å². The van der Waals surface area contributed by atoms with Gasteiger partial charge in [0, 0.05) is 26.6 Å². The fourth-order valence-electron chi connectivity index (χ4n) is 2.29. The lowest BCUT2D eigenvalue weighted by atomic mass is 10.1. The first-order chi connectivity index (χ1) is 11.6. The summed E-state index contributed by atoms with van der Waals surface area (Å²) in [5, 5.41) is 4.20. The Bertz CT molecular complexity index is 897. The number of halogens is 2. The van der Waals surface area contributed by atoms with Crippen LogP contribution in [-0.4, -0.2) is 17.5 Å². The van der Waals surface area contributed by atoms with E-state index in [1.165, 1.54) is 0 Å². The molecule has 0 saturated heterocycles. The molecule has 0 aliphatic heterocycles. The number of anilines is 1. The predicted molar refractivity (Wildman–Crippen MR) is 100 cm³/mol. The van der Waals surface area contributed by atoms with Crippen molar-refractivity contribution in [2.75, 3.05) is 11.9 Å². The van der Waals surface area contributed by atoms with Gasteiger partial charge in [0.2, 0.25) is 0 Å². The molecule has 3 aromatic rings. The Morgan fingerprint density at radius 3 is 2.67 bits per heavy atom. The number of hydrogen-bond donors (Lipinski definition) is 1. The van der Waals surface area contributed by atoms with E-state index in [1.807, 2.05) is 31.2 Å². The third-order valence-corrected chi connectivity index (χ3v) is 4.13. The van der Waals surface area contributed by atoms with Gasteiger partial charge in [0.15, 0.2) is 0 Å². The molecule has 2 aromatic carbocycles. The highest BCUT2D eigenvalue weighted by molar-refractivity contribution is 9.10. The maximum absolute atomic E-state index is 12.5. The Morgan fingerprint density at radius 2 is 1.96 bits per heavy atom. The number of rotatable bonds is 4. The van der Waals surface area contributed by atoms with Crippen molar-refractivity contribution in [3.05, 3.63) is 63.7 Å². The van der Waals surface area contributed by atoms with E-state index in [0.29, 0.717) is 28.6 Å². The van der Waals surface area contributed by atoms with E-state index in [1.54, 1.807) is 24.3 Å². The number of aromatic nitrogens is 1. The molecule has 0 unspecified atom stereocenters. The Labute approximate surface area is 152 Å². The maximum atomic E-state index is 12.5. The number of pyridine rings is 1. The number of nitrogens with zero attached hydrogens (tertiary/aromatic N) is 1. The molecule has 24 heavy (non-hydrogen) atoms. The van der Waals surface area contributed by atoms with Crippen LogP contribution in [0.25, 0.3) is 10.9 Å². The molecule has 4 nitrogen and oxygen atoms in total. The van der Waals surface area contributed by atoms with E-state index in [4.69, 9.17) is 16.3 Å². The molecule has 1 amide bonds. The Balaban J connectivity index is 1.97. The first-order valence-electron chi connectivity index (χ1n) is 7.37. The van der Waals surface area contributed by atoms with Crippen molar-refractivity contribution in [1.29, 1.82) is 0 Å². The van der Waals surface area contributed by atoms with Gasteiger partial charge in [-0.15, -0.1) is 0 Å². The summed E-state index contributed by atoms with van der Waals surface area (Å²) in [5.74, 6) is 0.293. The number of hydrogen-bond acceptors (Lipinski definition) is 3. The fraction of sp³-hybridized carbons (Fsp3) is 0.111. The summed E-state index contributed by atoms with van der Waals surface area (Å²) in [6.07, 6.45) is 0. The first-order valence-corrected chi connectivity index (χ1v) is 8.54. The monoisotopic (exact) mass is 404 g/mol. The van der Waals surface area contributed by atoms with E-state index in [2.05, 4.69) is 26.2 Å². The predicted octanol–water partition coefficient (Wildman–Crippen LogP) is 5.30. The van der Waals surface area contributed by atoms with E-state index < -0.39 is 0 Å². The fourth-order valence-corrected chi connectivity index (χ4v) is 2.72. The molecule has 1 N–H and O–H groups in total. The van der Waals surface area contributed by atoms with Gasteiger partial charge in [-0.3, -0.25) is 4.79 Å². The van der Waals surface area contributed by atoms with Crippen LogP contribution in [0.2, 0.25) is 5.02 Å². The van der Waals surface area contributed by atoms with Crippen molar-refractivity contribution in [3.63, 3.8) is 0 Å². The number of nitrogens with one attached hydrogen (secondary N) is 1. The summed E-state index contributed by atoms with van der Waals surface area (Å²) >= 11 is 9.41. The SMILES string of the molecule is CCOc1cc(C(=O)Nc2ccc(Br)cc2)nc2ccc(Cl)cc12. The Morgan fingerprint density at radius 1 is 1.21 bits per heavy atom. The third kappa shape index (κ3) is 3.68. The van der Waals surface area contributed by atoms with Crippen LogP contribution < -0.4 is 10.1 Å². The van der Waals surface area contributed by atoms with Crippen molar-refractivity contribution in [2.24, 2.45) is 0 Å². The lowest BCUT2D eigenvalue weighted by molar-refractivity contribution is 0.102. The summed E-state index contributed by atoms with van der Waals surface area (Å²) < 4.78 is 6.59. The van der Waals surface area contributed by atoms with Crippen LogP contribution >= 0.6 is 27.5 Å². The van der Waals surface area contributed by atoms with E-state index in [0.717, 1.165) is 9.86 Å². The Kier molecular flexibility index (Phi) is 5.02. The molecule has 0 aliphatic rings. The molecule has 0 spiro atoms. The smallest absolute Gasteiger partial charge is 0.274 e. The number of carbonyl (C=O) groups is 1. The Hall–Kier alpha value is -2.11. The normalized spacial score (nSPS) is 10.6. The lowest BCUT2D eigenvalue weighted by Crippen LogP contribution is -2.14. The van der Waals surface area contributed by atoms with Crippen molar-refractivity contribution >= 4 is 50.0 Å². The average Bonchev–Trinajstić information content (AvgIpc) is 2.57. The molecule has 1 heterocycles. The van der Waals surface area contributed by atoms with Crippen molar-refractivity contribution in [3.8, 4) is 5.75 Å². The molecule has 0 saturated carbocycles. The summed E-state index contributed by atoms with van der Waals surface area (Å²) in [6.45, 7) is 2.37. The van der Waals surface area contributed by atoms with Crippen molar-refractivity contribution < 1.29 is 9.53 Å². The van der Waals surface area contributed by atoms with Crippen LogP contribution in [0.5, 0.6) is 5.75 Å². The van der Waals surface area contributed by atoms with Gasteiger partial charge < -0.3 is 10.1 Å². The minimum atomic E-state index is -0.296. The van der Waals surface area contributed by atoms with E-state index in [-0.39, 0.29) is 11.6 Å². The molecule has 122 valence electrons. The number of amides is 1. The molecular weight excluding hydrogens is 392 g/mol. The summed E-state index contributed by atoms with van der Waals surface area (Å²) in [7, 11) is 0. The molecule has 0 radical (unpaired) electrons.